The van der Waals surface area contributed by atoms with Gasteiger partial charge in [0.1, 0.15) is 6.33 Å². The van der Waals surface area contributed by atoms with Crippen LogP contribution in [-0.4, -0.2) is 14.4 Å². The van der Waals surface area contributed by atoms with E-state index in [4.69, 9.17) is 0 Å². The van der Waals surface area contributed by atoms with Crippen molar-refractivity contribution in [2.24, 2.45) is 0 Å². The standard InChI is InChI=1S/C11H15N3/c1-4-11(2,3)9-5-13-10-6-12-8-14(10)7-9/h5-8H,4H2,1-3H3. The highest BCUT2D eigenvalue weighted by atomic mass is 15.0. The molecular formula is C11H15N3. The Hall–Kier alpha value is -1.38. The Labute approximate surface area is 83.8 Å². The van der Waals surface area contributed by atoms with Gasteiger partial charge in [-0.05, 0) is 17.4 Å². The van der Waals surface area contributed by atoms with E-state index in [2.05, 4.69) is 36.9 Å². The van der Waals surface area contributed by atoms with Crippen molar-refractivity contribution in [1.82, 2.24) is 14.4 Å². The van der Waals surface area contributed by atoms with E-state index < -0.39 is 0 Å². The lowest BCUT2D eigenvalue weighted by Gasteiger charge is -2.22. The summed E-state index contributed by atoms with van der Waals surface area (Å²) < 4.78 is 1.97. The maximum atomic E-state index is 4.36. The Morgan fingerprint density at radius 1 is 1.36 bits per heavy atom. The van der Waals surface area contributed by atoms with Gasteiger partial charge in [0.05, 0.1) is 6.20 Å². The van der Waals surface area contributed by atoms with E-state index >= 15 is 0 Å². The number of hydrogen-bond acceptors (Lipinski definition) is 2. The second kappa shape index (κ2) is 3.08. The molecule has 2 aromatic heterocycles. The first-order valence-corrected chi connectivity index (χ1v) is 4.91. The van der Waals surface area contributed by atoms with E-state index in [-0.39, 0.29) is 5.41 Å². The third-order valence-electron chi connectivity index (χ3n) is 2.93. The molecule has 0 amide bonds. The first-order chi connectivity index (χ1) is 6.63. The molecule has 0 unspecified atom stereocenters. The molecule has 0 N–H and O–H groups in total. The van der Waals surface area contributed by atoms with Gasteiger partial charge in [-0.2, -0.15) is 0 Å². The lowest BCUT2D eigenvalue weighted by molar-refractivity contribution is 0.502. The van der Waals surface area contributed by atoms with Gasteiger partial charge in [-0.25, -0.2) is 9.97 Å². The molecule has 2 heterocycles. The van der Waals surface area contributed by atoms with E-state index in [1.165, 1.54) is 5.56 Å². The highest BCUT2D eigenvalue weighted by Gasteiger charge is 2.18. The van der Waals surface area contributed by atoms with Crippen molar-refractivity contribution in [2.75, 3.05) is 0 Å². The Morgan fingerprint density at radius 2 is 2.14 bits per heavy atom. The predicted molar refractivity (Wildman–Crippen MR) is 56.3 cm³/mol. The molecule has 74 valence electrons. The van der Waals surface area contributed by atoms with Gasteiger partial charge in [0.15, 0.2) is 5.65 Å². The minimum atomic E-state index is 0.186. The quantitative estimate of drug-likeness (QED) is 0.726. The fraction of sp³-hybridized carbons (Fsp3) is 0.455. The topological polar surface area (TPSA) is 30.2 Å². The second-order valence-electron chi connectivity index (χ2n) is 4.24. The van der Waals surface area contributed by atoms with Crippen LogP contribution in [0.3, 0.4) is 0 Å². The zero-order chi connectivity index (χ0) is 10.2. The number of nitrogens with zero attached hydrogens (tertiary/aromatic N) is 3. The predicted octanol–water partition coefficient (Wildman–Crippen LogP) is 2.42. The molecule has 3 heteroatoms. The van der Waals surface area contributed by atoms with Gasteiger partial charge >= 0.3 is 0 Å². The Morgan fingerprint density at radius 3 is 2.86 bits per heavy atom. The number of hydrogen-bond donors (Lipinski definition) is 0. The summed E-state index contributed by atoms with van der Waals surface area (Å²) in [6.45, 7) is 6.65. The second-order valence-corrected chi connectivity index (χ2v) is 4.24. The molecule has 0 atom stereocenters. The van der Waals surface area contributed by atoms with Gasteiger partial charge in [-0.1, -0.05) is 20.8 Å². The van der Waals surface area contributed by atoms with Crippen LogP contribution in [0.15, 0.2) is 24.9 Å². The molecule has 2 rings (SSSR count). The molecule has 0 aromatic carbocycles. The zero-order valence-corrected chi connectivity index (χ0v) is 8.86. The van der Waals surface area contributed by atoms with Crippen molar-refractivity contribution in [3.05, 3.63) is 30.5 Å². The molecule has 0 aliphatic heterocycles. The minimum absolute atomic E-state index is 0.186. The number of imidazole rings is 1. The average molecular weight is 189 g/mol. The maximum Gasteiger partial charge on any atom is 0.156 e. The van der Waals surface area contributed by atoms with Crippen LogP contribution in [0.1, 0.15) is 32.8 Å². The third kappa shape index (κ3) is 1.39. The zero-order valence-electron chi connectivity index (χ0n) is 8.86. The van der Waals surface area contributed by atoms with E-state index in [0.29, 0.717) is 0 Å². The molecule has 2 aromatic rings. The summed E-state index contributed by atoms with van der Waals surface area (Å²) in [5.41, 5.74) is 2.34. The van der Waals surface area contributed by atoms with Gasteiger partial charge in [-0.15, -0.1) is 0 Å². The third-order valence-corrected chi connectivity index (χ3v) is 2.93. The van der Waals surface area contributed by atoms with Crippen LogP contribution in [0, 0.1) is 0 Å². The van der Waals surface area contributed by atoms with Crippen LogP contribution in [0.4, 0.5) is 0 Å². The van der Waals surface area contributed by atoms with E-state index in [1.807, 2.05) is 10.6 Å². The van der Waals surface area contributed by atoms with Crippen molar-refractivity contribution in [1.29, 1.82) is 0 Å². The highest BCUT2D eigenvalue weighted by Crippen LogP contribution is 2.25. The van der Waals surface area contributed by atoms with Crippen molar-refractivity contribution in [3.8, 4) is 0 Å². The lowest BCUT2D eigenvalue weighted by Crippen LogP contribution is -2.16. The lowest BCUT2D eigenvalue weighted by atomic mass is 9.84. The van der Waals surface area contributed by atoms with Crippen molar-refractivity contribution < 1.29 is 0 Å². The Bertz CT molecular complexity index is 442. The average Bonchev–Trinajstić information content (AvgIpc) is 2.64. The fourth-order valence-electron chi connectivity index (χ4n) is 1.37. The van der Waals surface area contributed by atoms with E-state index in [1.54, 1.807) is 12.5 Å². The SMILES string of the molecule is CCC(C)(C)c1cnc2cncn2c1. The summed E-state index contributed by atoms with van der Waals surface area (Å²) in [5.74, 6) is 0. The van der Waals surface area contributed by atoms with Crippen molar-refractivity contribution in [3.63, 3.8) is 0 Å². The molecular weight excluding hydrogens is 174 g/mol. The minimum Gasteiger partial charge on any atom is -0.290 e. The number of fused-ring (bicyclic) bond motifs is 1. The first kappa shape index (κ1) is 9.19. The van der Waals surface area contributed by atoms with E-state index in [0.717, 1.165) is 12.1 Å². The highest BCUT2D eigenvalue weighted by molar-refractivity contribution is 5.36. The molecule has 0 saturated heterocycles. The summed E-state index contributed by atoms with van der Waals surface area (Å²) in [6, 6.07) is 0. The van der Waals surface area contributed by atoms with Gasteiger partial charge < -0.3 is 0 Å². The molecule has 14 heavy (non-hydrogen) atoms. The van der Waals surface area contributed by atoms with Crippen LogP contribution in [0.2, 0.25) is 0 Å². The first-order valence-electron chi connectivity index (χ1n) is 4.91. The molecule has 0 fully saturated rings. The largest absolute Gasteiger partial charge is 0.290 e. The normalized spacial score (nSPS) is 12.2. The molecule has 3 nitrogen and oxygen atoms in total. The monoisotopic (exact) mass is 189 g/mol. The summed E-state index contributed by atoms with van der Waals surface area (Å²) in [6.07, 6.45) is 8.72. The number of rotatable bonds is 2. The molecule has 0 saturated carbocycles. The summed E-state index contributed by atoms with van der Waals surface area (Å²) >= 11 is 0. The Kier molecular flexibility index (Phi) is 2.02. The van der Waals surface area contributed by atoms with Gasteiger partial charge in [0, 0.05) is 12.4 Å². The van der Waals surface area contributed by atoms with Gasteiger partial charge in [0.25, 0.3) is 0 Å². The summed E-state index contributed by atoms with van der Waals surface area (Å²) in [5, 5.41) is 0. The smallest absolute Gasteiger partial charge is 0.156 e. The molecule has 0 aliphatic rings. The summed E-state index contributed by atoms with van der Waals surface area (Å²) in [4.78, 5) is 8.41. The van der Waals surface area contributed by atoms with Crippen LogP contribution >= 0.6 is 0 Å². The van der Waals surface area contributed by atoms with E-state index in [9.17, 15) is 0 Å². The number of aromatic nitrogens is 3. The fourth-order valence-corrected chi connectivity index (χ4v) is 1.37. The van der Waals surface area contributed by atoms with Gasteiger partial charge in [-0.3, -0.25) is 4.40 Å². The maximum absolute atomic E-state index is 4.36. The molecule has 0 spiro atoms. The van der Waals surface area contributed by atoms with Crippen molar-refractivity contribution >= 4 is 5.65 Å². The van der Waals surface area contributed by atoms with Crippen molar-refractivity contribution in [2.45, 2.75) is 32.6 Å². The Balaban J connectivity index is 2.53. The molecule has 0 radical (unpaired) electrons. The van der Waals surface area contributed by atoms with Gasteiger partial charge in [0.2, 0.25) is 0 Å². The summed E-state index contributed by atoms with van der Waals surface area (Å²) in [7, 11) is 0. The van der Waals surface area contributed by atoms with Crippen LogP contribution < -0.4 is 0 Å². The molecule has 0 bridgehead atoms. The van der Waals surface area contributed by atoms with Crippen LogP contribution in [0.25, 0.3) is 5.65 Å². The molecule has 0 aliphatic carbocycles. The van der Waals surface area contributed by atoms with Crippen LogP contribution in [-0.2, 0) is 5.41 Å². The van der Waals surface area contributed by atoms with Crippen LogP contribution in [0.5, 0.6) is 0 Å².